The molecule has 0 aromatic heterocycles. The average molecular weight is 445 g/mol. The summed E-state index contributed by atoms with van der Waals surface area (Å²) in [4.78, 5) is 10.9. The highest BCUT2D eigenvalue weighted by Gasteiger charge is 2.16. The smallest absolute Gasteiger partial charge is 0.328 e. The van der Waals surface area contributed by atoms with Crippen molar-refractivity contribution in [3.63, 3.8) is 0 Å². The minimum Gasteiger partial charge on any atom is -0.508 e. The summed E-state index contributed by atoms with van der Waals surface area (Å²) in [5, 5.41) is 28.6. The van der Waals surface area contributed by atoms with E-state index in [1.807, 2.05) is 42.5 Å². The van der Waals surface area contributed by atoms with Crippen LogP contribution in [0, 0.1) is 0 Å². The van der Waals surface area contributed by atoms with Crippen molar-refractivity contribution < 1.29 is 24.9 Å². The summed E-state index contributed by atoms with van der Waals surface area (Å²) in [5.74, 6) is -0.0633. The fourth-order valence-corrected chi connectivity index (χ4v) is 3.74. The molecule has 3 aromatic rings. The van der Waals surface area contributed by atoms with Crippen LogP contribution in [0.1, 0.15) is 48.4 Å². The van der Waals surface area contributed by atoms with E-state index in [0.29, 0.717) is 11.3 Å². The molecule has 3 N–H and O–H groups in total. The number of hydrogen-bond donors (Lipinski definition) is 3. The Morgan fingerprint density at radius 3 is 1.91 bits per heavy atom. The Balaban J connectivity index is 2.26. The third kappa shape index (κ3) is 6.04. The predicted molar refractivity (Wildman–Crippen MR) is 131 cm³/mol. The minimum atomic E-state index is -1.02. The monoisotopic (exact) mass is 444 g/mol. The molecule has 5 nitrogen and oxygen atoms in total. The second-order valence-electron chi connectivity index (χ2n) is 7.68. The van der Waals surface area contributed by atoms with Gasteiger partial charge in [0.1, 0.15) is 17.2 Å². The second kappa shape index (κ2) is 11.0. The lowest BCUT2D eigenvalue weighted by molar-refractivity contribution is -0.131. The summed E-state index contributed by atoms with van der Waals surface area (Å²) in [5.41, 5.74) is 5.62. The lowest BCUT2D eigenvalue weighted by Crippen LogP contribution is -1.98. The van der Waals surface area contributed by atoms with E-state index < -0.39 is 5.97 Å². The number of unbranched alkanes of at least 4 members (excludes halogenated alkanes) is 1. The van der Waals surface area contributed by atoms with E-state index in [9.17, 15) is 15.0 Å². The van der Waals surface area contributed by atoms with Crippen LogP contribution in [0.2, 0.25) is 0 Å². The molecule has 0 bridgehead atoms. The normalized spacial score (nSPS) is 10.8. The number of ether oxygens (including phenoxy) is 1. The number of carbonyl (C=O) groups is 1. The van der Waals surface area contributed by atoms with Gasteiger partial charge in [-0.2, -0.15) is 0 Å². The molecule has 0 aliphatic carbocycles. The van der Waals surface area contributed by atoms with E-state index in [1.165, 1.54) is 6.08 Å². The zero-order valence-electron chi connectivity index (χ0n) is 18.8. The lowest BCUT2D eigenvalue weighted by Gasteiger charge is -2.19. The van der Waals surface area contributed by atoms with E-state index in [4.69, 9.17) is 9.84 Å². The van der Waals surface area contributed by atoms with Gasteiger partial charge in [-0.3, -0.25) is 0 Å². The molecule has 0 amide bonds. The molecule has 0 aliphatic heterocycles. The predicted octanol–water partition coefficient (Wildman–Crippen LogP) is 6.35. The Morgan fingerprint density at radius 1 is 0.879 bits per heavy atom. The molecule has 3 rings (SSSR count). The first-order chi connectivity index (χ1) is 15.9. The summed E-state index contributed by atoms with van der Waals surface area (Å²) in [6.45, 7) is 2.14. The molecule has 0 radical (unpaired) electrons. The number of hydrogen-bond acceptors (Lipinski definition) is 4. The Kier molecular flexibility index (Phi) is 7.92. The van der Waals surface area contributed by atoms with Gasteiger partial charge in [0.2, 0.25) is 0 Å². The van der Waals surface area contributed by atoms with Gasteiger partial charge in [0, 0.05) is 11.6 Å². The van der Waals surface area contributed by atoms with Crippen LogP contribution in [-0.4, -0.2) is 28.4 Å². The number of benzene rings is 3. The van der Waals surface area contributed by atoms with Crippen molar-refractivity contribution in [1.82, 2.24) is 0 Å². The van der Waals surface area contributed by atoms with E-state index in [-0.39, 0.29) is 11.5 Å². The van der Waals surface area contributed by atoms with E-state index in [1.54, 1.807) is 31.4 Å². The quantitative estimate of drug-likeness (QED) is 0.264. The standard InChI is InChI=1S/C28H28O5/c1-3-4-5-25(22-7-6-19(12-17-27(31)32)26(18-22)33-2)28(20-8-13-23(29)14-9-20)21-10-15-24(30)16-11-21/h6-18,29-30H,3-5H2,1-2H3,(H,31,32)/b17-12+. The largest absolute Gasteiger partial charge is 0.508 e. The first-order valence-corrected chi connectivity index (χ1v) is 10.8. The first-order valence-electron chi connectivity index (χ1n) is 10.8. The van der Waals surface area contributed by atoms with Crippen molar-refractivity contribution >= 4 is 23.2 Å². The maximum absolute atomic E-state index is 10.9. The SMILES string of the molecule is CCCCC(=C(c1ccc(O)cc1)c1ccc(O)cc1)c1ccc(/C=C/C(=O)O)c(OC)c1. The Hall–Kier alpha value is -3.99. The molecular weight excluding hydrogens is 416 g/mol. The van der Waals surface area contributed by atoms with Gasteiger partial charge in [-0.1, -0.05) is 49.7 Å². The lowest BCUT2D eigenvalue weighted by atomic mass is 9.86. The van der Waals surface area contributed by atoms with E-state index in [2.05, 4.69) is 6.92 Å². The van der Waals surface area contributed by atoms with Crippen LogP contribution in [-0.2, 0) is 4.79 Å². The number of aromatic hydroxyl groups is 2. The van der Waals surface area contributed by atoms with Gasteiger partial charge in [-0.25, -0.2) is 4.79 Å². The highest BCUT2D eigenvalue weighted by atomic mass is 16.5. The van der Waals surface area contributed by atoms with Gasteiger partial charge < -0.3 is 20.1 Å². The van der Waals surface area contributed by atoms with Gasteiger partial charge in [0.15, 0.2) is 0 Å². The zero-order valence-corrected chi connectivity index (χ0v) is 18.8. The third-order valence-electron chi connectivity index (χ3n) is 5.38. The molecular formula is C28H28O5. The van der Waals surface area contributed by atoms with Gasteiger partial charge >= 0.3 is 5.97 Å². The topological polar surface area (TPSA) is 87.0 Å². The number of phenols is 2. The van der Waals surface area contributed by atoms with Crippen LogP contribution in [0.5, 0.6) is 17.2 Å². The van der Waals surface area contributed by atoms with Crippen molar-refractivity contribution in [2.45, 2.75) is 26.2 Å². The van der Waals surface area contributed by atoms with Crippen LogP contribution in [0.25, 0.3) is 17.2 Å². The summed E-state index contributed by atoms with van der Waals surface area (Å²) >= 11 is 0. The molecule has 0 spiro atoms. The Bertz CT molecular complexity index is 1110. The summed E-state index contributed by atoms with van der Waals surface area (Å²) in [6, 6.07) is 19.9. The van der Waals surface area contributed by atoms with Gasteiger partial charge in [-0.05, 0) is 77.1 Å². The molecule has 3 aromatic carbocycles. The molecule has 0 saturated heterocycles. The molecule has 0 atom stereocenters. The molecule has 0 saturated carbocycles. The van der Waals surface area contributed by atoms with Crippen LogP contribution >= 0.6 is 0 Å². The number of methoxy groups -OCH3 is 1. The first kappa shape index (κ1) is 23.7. The van der Waals surface area contributed by atoms with Crippen molar-refractivity contribution in [3.05, 3.63) is 95.1 Å². The molecule has 0 unspecified atom stereocenters. The maximum atomic E-state index is 10.9. The van der Waals surface area contributed by atoms with Crippen LogP contribution in [0.15, 0.2) is 72.8 Å². The maximum Gasteiger partial charge on any atom is 0.328 e. The Labute approximate surface area is 193 Å². The highest BCUT2D eigenvalue weighted by Crippen LogP contribution is 2.38. The minimum absolute atomic E-state index is 0.190. The van der Waals surface area contributed by atoms with E-state index >= 15 is 0 Å². The fourth-order valence-electron chi connectivity index (χ4n) is 3.74. The molecule has 0 heterocycles. The summed E-state index contributed by atoms with van der Waals surface area (Å²) in [6.07, 6.45) is 5.39. The molecule has 0 aliphatic rings. The van der Waals surface area contributed by atoms with Gasteiger partial charge in [-0.15, -0.1) is 0 Å². The van der Waals surface area contributed by atoms with Crippen LogP contribution < -0.4 is 4.74 Å². The average Bonchev–Trinajstić information content (AvgIpc) is 2.82. The zero-order chi connectivity index (χ0) is 23.8. The van der Waals surface area contributed by atoms with Crippen molar-refractivity contribution in [2.24, 2.45) is 0 Å². The second-order valence-corrected chi connectivity index (χ2v) is 7.68. The van der Waals surface area contributed by atoms with Crippen molar-refractivity contribution in [1.29, 1.82) is 0 Å². The number of carboxylic acids is 1. The van der Waals surface area contributed by atoms with Crippen molar-refractivity contribution in [3.8, 4) is 17.2 Å². The Morgan fingerprint density at radius 2 is 1.42 bits per heavy atom. The number of phenolic OH excluding ortho intramolecular Hbond substituents is 2. The molecule has 0 fully saturated rings. The summed E-state index contributed by atoms with van der Waals surface area (Å²) in [7, 11) is 1.56. The van der Waals surface area contributed by atoms with Gasteiger partial charge in [0.25, 0.3) is 0 Å². The summed E-state index contributed by atoms with van der Waals surface area (Å²) < 4.78 is 5.56. The number of carboxylic acid groups (broad SMARTS) is 1. The van der Waals surface area contributed by atoms with Crippen LogP contribution in [0.4, 0.5) is 0 Å². The van der Waals surface area contributed by atoms with Crippen LogP contribution in [0.3, 0.4) is 0 Å². The van der Waals surface area contributed by atoms with E-state index in [0.717, 1.165) is 53.2 Å². The highest BCUT2D eigenvalue weighted by molar-refractivity contribution is 5.99. The number of allylic oxidation sites excluding steroid dienone is 1. The molecule has 5 heteroatoms. The fraction of sp³-hybridized carbons (Fsp3) is 0.179. The number of rotatable bonds is 9. The molecule has 170 valence electrons. The number of aliphatic carboxylic acids is 1. The van der Waals surface area contributed by atoms with Crippen molar-refractivity contribution in [2.75, 3.05) is 7.11 Å². The molecule has 33 heavy (non-hydrogen) atoms. The third-order valence-corrected chi connectivity index (χ3v) is 5.38. The van der Waals surface area contributed by atoms with Gasteiger partial charge in [0.05, 0.1) is 7.11 Å².